The van der Waals surface area contributed by atoms with Crippen LogP contribution < -0.4 is 0 Å². The van der Waals surface area contributed by atoms with E-state index in [1.54, 1.807) is 12.3 Å². The number of halogens is 1. The Labute approximate surface area is 122 Å². The van der Waals surface area contributed by atoms with Crippen LogP contribution in [0.15, 0.2) is 22.8 Å². The fraction of sp³-hybridized carbons (Fsp3) is 0.571. The van der Waals surface area contributed by atoms with Crippen LogP contribution in [-0.4, -0.2) is 53.4 Å². The van der Waals surface area contributed by atoms with Gasteiger partial charge in [0.2, 0.25) is 0 Å². The molecule has 19 heavy (non-hydrogen) atoms. The molecule has 2 heterocycles. The topological polar surface area (TPSA) is 36.4 Å². The van der Waals surface area contributed by atoms with Gasteiger partial charge in [-0.3, -0.25) is 9.69 Å². The molecule has 5 heteroatoms. The lowest BCUT2D eigenvalue weighted by atomic mass is 10.2. The first-order valence-corrected chi connectivity index (χ1v) is 7.48. The van der Waals surface area contributed by atoms with E-state index >= 15 is 0 Å². The second kappa shape index (κ2) is 6.48. The Balaban J connectivity index is 1.90. The minimum Gasteiger partial charge on any atom is -0.335 e. The SMILES string of the molecule is CC(C)CN1CCN(C(=O)c2ccc(Br)cn2)CC1. The van der Waals surface area contributed by atoms with Crippen LogP contribution in [0.5, 0.6) is 0 Å². The number of hydrogen-bond donors (Lipinski definition) is 0. The van der Waals surface area contributed by atoms with E-state index in [0.717, 1.165) is 37.2 Å². The Hall–Kier alpha value is -0.940. The van der Waals surface area contributed by atoms with Crippen LogP contribution in [0.25, 0.3) is 0 Å². The van der Waals surface area contributed by atoms with Crippen LogP contribution in [0.1, 0.15) is 24.3 Å². The van der Waals surface area contributed by atoms with Crippen molar-refractivity contribution in [1.29, 1.82) is 0 Å². The van der Waals surface area contributed by atoms with Crippen molar-refractivity contribution in [1.82, 2.24) is 14.8 Å². The quantitative estimate of drug-likeness (QED) is 0.855. The number of piperazine rings is 1. The summed E-state index contributed by atoms with van der Waals surface area (Å²) in [5, 5.41) is 0. The minimum atomic E-state index is 0.0386. The summed E-state index contributed by atoms with van der Waals surface area (Å²) in [6.07, 6.45) is 1.67. The van der Waals surface area contributed by atoms with Crippen molar-refractivity contribution in [2.24, 2.45) is 5.92 Å². The van der Waals surface area contributed by atoms with Gasteiger partial charge in [-0.1, -0.05) is 13.8 Å². The van der Waals surface area contributed by atoms with Gasteiger partial charge in [0.25, 0.3) is 5.91 Å². The Kier molecular flexibility index (Phi) is 4.93. The third-order valence-electron chi connectivity index (χ3n) is 3.23. The Morgan fingerprint density at radius 3 is 2.53 bits per heavy atom. The van der Waals surface area contributed by atoms with E-state index in [-0.39, 0.29) is 5.91 Å². The highest BCUT2D eigenvalue weighted by atomic mass is 79.9. The maximum atomic E-state index is 12.3. The molecule has 4 nitrogen and oxygen atoms in total. The third kappa shape index (κ3) is 4.01. The summed E-state index contributed by atoms with van der Waals surface area (Å²) >= 11 is 3.33. The first kappa shape index (κ1) is 14.5. The zero-order valence-electron chi connectivity index (χ0n) is 11.5. The van der Waals surface area contributed by atoms with E-state index in [4.69, 9.17) is 0 Å². The molecule has 0 aromatic carbocycles. The van der Waals surface area contributed by atoms with Crippen molar-refractivity contribution < 1.29 is 4.79 Å². The van der Waals surface area contributed by atoms with Crippen LogP contribution in [0.4, 0.5) is 0 Å². The lowest BCUT2D eigenvalue weighted by Gasteiger charge is -2.35. The van der Waals surface area contributed by atoms with Crippen LogP contribution in [0.3, 0.4) is 0 Å². The van der Waals surface area contributed by atoms with Crippen molar-refractivity contribution in [2.45, 2.75) is 13.8 Å². The van der Waals surface area contributed by atoms with E-state index in [1.165, 1.54) is 0 Å². The Morgan fingerprint density at radius 2 is 2.00 bits per heavy atom. The van der Waals surface area contributed by atoms with Gasteiger partial charge in [0.1, 0.15) is 5.69 Å². The molecule has 0 N–H and O–H groups in total. The zero-order valence-corrected chi connectivity index (χ0v) is 13.1. The number of carbonyl (C=O) groups is 1. The van der Waals surface area contributed by atoms with E-state index in [2.05, 4.69) is 39.7 Å². The first-order chi connectivity index (χ1) is 9.06. The number of pyridine rings is 1. The molecule has 0 spiro atoms. The molecule has 0 bridgehead atoms. The van der Waals surface area contributed by atoms with E-state index in [0.29, 0.717) is 11.6 Å². The molecule has 104 valence electrons. The summed E-state index contributed by atoms with van der Waals surface area (Å²) in [6, 6.07) is 3.63. The molecule has 0 radical (unpaired) electrons. The van der Waals surface area contributed by atoms with Gasteiger partial charge < -0.3 is 4.90 Å². The maximum absolute atomic E-state index is 12.3. The van der Waals surface area contributed by atoms with Gasteiger partial charge in [0.15, 0.2) is 0 Å². The minimum absolute atomic E-state index is 0.0386. The normalized spacial score (nSPS) is 16.9. The molecule has 0 unspecified atom stereocenters. The molecular weight excluding hydrogens is 306 g/mol. The number of carbonyl (C=O) groups excluding carboxylic acids is 1. The average molecular weight is 326 g/mol. The largest absolute Gasteiger partial charge is 0.335 e. The average Bonchev–Trinajstić information content (AvgIpc) is 2.39. The molecule has 1 aromatic heterocycles. The highest BCUT2D eigenvalue weighted by Gasteiger charge is 2.22. The fourth-order valence-corrected chi connectivity index (χ4v) is 2.55. The fourth-order valence-electron chi connectivity index (χ4n) is 2.31. The van der Waals surface area contributed by atoms with Gasteiger partial charge in [0.05, 0.1) is 0 Å². The summed E-state index contributed by atoms with van der Waals surface area (Å²) in [7, 11) is 0. The summed E-state index contributed by atoms with van der Waals surface area (Å²) in [5.41, 5.74) is 0.528. The predicted octanol–water partition coefficient (Wildman–Crippen LogP) is 2.26. The summed E-state index contributed by atoms with van der Waals surface area (Å²) in [6.45, 7) is 9.07. The van der Waals surface area contributed by atoms with Gasteiger partial charge in [-0.15, -0.1) is 0 Å². The lowest BCUT2D eigenvalue weighted by molar-refractivity contribution is 0.0618. The van der Waals surface area contributed by atoms with Crippen LogP contribution in [-0.2, 0) is 0 Å². The van der Waals surface area contributed by atoms with Crippen molar-refractivity contribution in [3.05, 3.63) is 28.5 Å². The zero-order chi connectivity index (χ0) is 13.8. The highest BCUT2D eigenvalue weighted by Crippen LogP contribution is 2.11. The standard InChI is InChI=1S/C14H20BrN3O/c1-11(2)10-17-5-7-18(8-6-17)14(19)13-4-3-12(15)9-16-13/h3-4,9,11H,5-8,10H2,1-2H3. The second-order valence-corrected chi connectivity index (χ2v) is 6.26. The van der Waals surface area contributed by atoms with Crippen LogP contribution in [0, 0.1) is 5.92 Å². The number of rotatable bonds is 3. The third-order valence-corrected chi connectivity index (χ3v) is 3.70. The molecule has 1 aliphatic rings. The van der Waals surface area contributed by atoms with Crippen molar-refractivity contribution in [3.8, 4) is 0 Å². The van der Waals surface area contributed by atoms with E-state index in [9.17, 15) is 4.79 Å². The van der Waals surface area contributed by atoms with Crippen LogP contribution >= 0.6 is 15.9 Å². The number of aromatic nitrogens is 1. The highest BCUT2D eigenvalue weighted by molar-refractivity contribution is 9.10. The van der Waals surface area contributed by atoms with Gasteiger partial charge in [0, 0.05) is 43.4 Å². The Bertz CT molecular complexity index is 425. The molecule has 1 amide bonds. The number of nitrogens with zero attached hydrogens (tertiary/aromatic N) is 3. The first-order valence-electron chi connectivity index (χ1n) is 6.69. The van der Waals surface area contributed by atoms with Crippen molar-refractivity contribution in [2.75, 3.05) is 32.7 Å². The summed E-state index contributed by atoms with van der Waals surface area (Å²) in [4.78, 5) is 20.8. The summed E-state index contributed by atoms with van der Waals surface area (Å²) < 4.78 is 0.894. The van der Waals surface area contributed by atoms with Gasteiger partial charge in [-0.25, -0.2) is 4.98 Å². The van der Waals surface area contributed by atoms with Gasteiger partial charge >= 0.3 is 0 Å². The predicted molar refractivity (Wildman–Crippen MR) is 79.1 cm³/mol. The van der Waals surface area contributed by atoms with Gasteiger partial charge in [-0.2, -0.15) is 0 Å². The number of hydrogen-bond acceptors (Lipinski definition) is 3. The maximum Gasteiger partial charge on any atom is 0.272 e. The van der Waals surface area contributed by atoms with E-state index < -0.39 is 0 Å². The second-order valence-electron chi connectivity index (χ2n) is 5.35. The smallest absolute Gasteiger partial charge is 0.272 e. The summed E-state index contributed by atoms with van der Waals surface area (Å²) in [5.74, 6) is 0.715. The number of amides is 1. The molecule has 1 saturated heterocycles. The molecule has 0 atom stereocenters. The lowest BCUT2D eigenvalue weighted by Crippen LogP contribution is -2.49. The molecule has 1 aromatic rings. The molecule has 1 aliphatic heterocycles. The van der Waals surface area contributed by atoms with Crippen molar-refractivity contribution in [3.63, 3.8) is 0 Å². The molecule has 1 fully saturated rings. The van der Waals surface area contributed by atoms with Crippen LogP contribution in [0.2, 0.25) is 0 Å². The van der Waals surface area contributed by atoms with Gasteiger partial charge in [-0.05, 0) is 34.0 Å². The molecule has 2 rings (SSSR count). The molecule has 0 saturated carbocycles. The molecule has 0 aliphatic carbocycles. The Morgan fingerprint density at radius 1 is 1.32 bits per heavy atom. The van der Waals surface area contributed by atoms with Crippen molar-refractivity contribution >= 4 is 21.8 Å². The van der Waals surface area contributed by atoms with E-state index in [1.807, 2.05) is 11.0 Å². The monoisotopic (exact) mass is 325 g/mol. The molecular formula is C14H20BrN3O.